The van der Waals surface area contributed by atoms with Crippen LogP contribution in [0.4, 0.5) is 5.82 Å². The Hall–Kier alpha value is -1.66. The molecule has 1 aliphatic rings. The molecule has 1 aliphatic carbocycles. The Morgan fingerprint density at radius 1 is 1.58 bits per heavy atom. The van der Waals surface area contributed by atoms with E-state index in [1.54, 1.807) is 30.1 Å². The van der Waals surface area contributed by atoms with Crippen LogP contribution in [0, 0.1) is 5.92 Å². The number of nitrogens with two attached hydrogens (primary N) is 1. The van der Waals surface area contributed by atoms with E-state index >= 15 is 0 Å². The monoisotopic (exact) mass is 264 g/mol. The lowest BCUT2D eigenvalue weighted by molar-refractivity contribution is 0.0676. The molecule has 0 spiro atoms. The largest absolute Gasteiger partial charge is 0.379 e. The topological polar surface area (TPSA) is 80.5 Å². The van der Waals surface area contributed by atoms with Gasteiger partial charge in [-0.25, -0.2) is 10.8 Å². The molecule has 2 rings (SSSR count). The highest BCUT2D eigenvalue weighted by Crippen LogP contribution is 2.28. The summed E-state index contributed by atoms with van der Waals surface area (Å²) < 4.78 is 5.51. The van der Waals surface area contributed by atoms with Crippen LogP contribution < -0.4 is 11.3 Å². The molecule has 1 heterocycles. The van der Waals surface area contributed by atoms with Crippen LogP contribution in [0.5, 0.6) is 0 Å². The first-order chi connectivity index (χ1) is 9.20. The van der Waals surface area contributed by atoms with Gasteiger partial charge in [0, 0.05) is 20.2 Å². The highest BCUT2D eigenvalue weighted by Gasteiger charge is 2.21. The molecular weight excluding hydrogens is 244 g/mol. The predicted octanol–water partition coefficient (Wildman–Crippen LogP) is 0.866. The van der Waals surface area contributed by atoms with Crippen molar-refractivity contribution in [2.45, 2.75) is 12.8 Å². The van der Waals surface area contributed by atoms with Gasteiger partial charge in [-0.1, -0.05) is 6.07 Å². The number of aromatic nitrogens is 1. The highest BCUT2D eigenvalue weighted by molar-refractivity contribution is 5.92. The number of nitrogens with zero attached hydrogens (tertiary/aromatic N) is 2. The zero-order valence-electron chi connectivity index (χ0n) is 11.1. The Bertz CT molecular complexity index is 434. The van der Waals surface area contributed by atoms with Crippen LogP contribution in [0.25, 0.3) is 0 Å². The second kappa shape index (κ2) is 6.49. The van der Waals surface area contributed by atoms with Gasteiger partial charge in [-0.15, -0.1) is 0 Å². The summed E-state index contributed by atoms with van der Waals surface area (Å²) >= 11 is 0. The lowest BCUT2D eigenvalue weighted by Gasteiger charge is -2.17. The average Bonchev–Trinajstić information content (AvgIpc) is 3.26. The number of hydrazine groups is 1. The molecule has 1 fully saturated rings. The van der Waals surface area contributed by atoms with Crippen molar-refractivity contribution in [1.82, 2.24) is 9.88 Å². The number of ether oxygens (including phenoxy) is 1. The van der Waals surface area contributed by atoms with E-state index in [9.17, 15) is 4.79 Å². The lowest BCUT2D eigenvalue weighted by atomic mass is 10.3. The smallest absolute Gasteiger partial charge is 0.272 e. The summed E-state index contributed by atoms with van der Waals surface area (Å²) in [7, 11) is 1.74. The quantitative estimate of drug-likeness (QED) is 0.434. The fourth-order valence-electron chi connectivity index (χ4n) is 1.67. The Labute approximate surface area is 112 Å². The Balaban J connectivity index is 1.79. The maximum atomic E-state index is 12.1. The lowest BCUT2D eigenvalue weighted by Crippen LogP contribution is -2.31. The van der Waals surface area contributed by atoms with Crippen molar-refractivity contribution in [2.75, 3.05) is 32.2 Å². The summed E-state index contributed by atoms with van der Waals surface area (Å²) in [6.45, 7) is 1.94. The third kappa shape index (κ3) is 4.18. The Kier molecular flexibility index (Phi) is 4.70. The van der Waals surface area contributed by atoms with Gasteiger partial charge in [-0.3, -0.25) is 4.79 Å². The molecule has 0 saturated heterocycles. The molecule has 19 heavy (non-hydrogen) atoms. The van der Waals surface area contributed by atoms with Crippen LogP contribution in [0.2, 0.25) is 0 Å². The van der Waals surface area contributed by atoms with Crippen molar-refractivity contribution in [3.8, 4) is 0 Å². The minimum atomic E-state index is -0.132. The van der Waals surface area contributed by atoms with E-state index in [0.29, 0.717) is 24.7 Å². The first-order valence-corrected chi connectivity index (χ1v) is 6.47. The summed E-state index contributed by atoms with van der Waals surface area (Å²) in [4.78, 5) is 17.8. The molecule has 1 saturated carbocycles. The third-order valence-electron chi connectivity index (χ3n) is 3.08. The van der Waals surface area contributed by atoms with Crippen LogP contribution in [0.1, 0.15) is 23.3 Å². The second-order valence-corrected chi connectivity index (χ2v) is 4.80. The van der Waals surface area contributed by atoms with Crippen molar-refractivity contribution in [1.29, 1.82) is 0 Å². The van der Waals surface area contributed by atoms with E-state index in [0.717, 1.165) is 12.5 Å². The van der Waals surface area contributed by atoms with Crippen molar-refractivity contribution in [3.05, 3.63) is 23.9 Å². The van der Waals surface area contributed by atoms with Gasteiger partial charge in [-0.2, -0.15) is 0 Å². The van der Waals surface area contributed by atoms with E-state index in [2.05, 4.69) is 10.4 Å². The first kappa shape index (κ1) is 13.8. The predicted molar refractivity (Wildman–Crippen MR) is 72.6 cm³/mol. The molecule has 0 aliphatic heterocycles. The van der Waals surface area contributed by atoms with Crippen molar-refractivity contribution in [3.63, 3.8) is 0 Å². The van der Waals surface area contributed by atoms with Crippen LogP contribution in [0.15, 0.2) is 18.2 Å². The maximum absolute atomic E-state index is 12.1. The molecule has 1 aromatic heterocycles. The van der Waals surface area contributed by atoms with Gasteiger partial charge in [0.1, 0.15) is 11.5 Å². The van der Waals surface area contributed by atoms with E-state index in [1.807, 2.05) is 0 Å². The molecule has 0 aromatic carbocycles. The molecule has 0 unspecified atom stereocenters. The number of amides is 1. The van der Waals surface area contributed by atoms with Crippen LogP contribution in [-0.4, -0.2) is 42.6 Å². The summed E-state index contributed by atoms with van der Waals surface area (Å²) in [6, 6.07) is 5.12. The third-order valence-corrected chi connectivity index (χ3v) is 3.08. The molecule has 104 valence electrons. The minimum absolute atomic E-state index is 0.132. The number of pyridine rings is 1. The summed E-state index contributed by atoms with van der Waals surface area (Å²) in [5.74, 6) is 6.36. The first-order valence-electron chi connectivity index (χ1n) is 6.47. The zero-order valence-corrected chi connectivity index (χ0v) is 11.1. The van der Waals surface area contributed by atoms with Gasteiger partial charge in [0.25, 0.3) is 5.91 Å². The van der Waals surface area contributed by atoms with Gasteiger partial charge >= 0.3 is 0 Å². The summed E-state index contributed by atoms with van der Waals surface area (Å²) in [5, 5.41) is 0. The molecule has 1 amide bonds. The van der Waals surface area contributed by atoms with Crippen LogP contribution in [-0.2, 0) is 4.74 Å². The number of hydrogen-bond acceptors (Lipinski definition) is 5. The number of nitrogens with one attached hydrogen (secondary N) is 1. The standard InChI is InChI=1S/C13H20N4O2/c1-17(7-8-19-9-10-5-6-10)13(18)11-3-2-4-12(15-11)16-14/h2-4,10H,5-9,14H2,1H3,(H,15,16). The number of likely N-dealkylation sites (N-methyl/N-ethyl adjacent to an activating group) is 1. The minimum Gasteiger partial charge on any atom is -0.379 e. The number of anilines is 1. The van der Waals surface area contributed by atoms with Crippen molar-refractivity contribution in [2.24, 2.45) is 11.8 Å². The van der Waals surface area contributed by atoms with Crippen molar-refractivity contribution < 1.29 is 9.53 Å². The van der Waals surface area contributed by atoms with Gasteiger partial charge in [0.2, 0.25) is 0 Å². The molecule has 3 N–H and O–H groups in total. The van der Waals surface area contributed by atoms with Gasteiger partial charge in [-0.05, 0) is 30.9 Å². The van der Waals surface area contributed by atoms with E-state index in [1.165, 1.54) is 12.8 Å². The number of hydrogen-bond donors (Lipinski definition) is 2. The fraction of sp³-hybridized carbons (Fsp3) is 0.538. The van der Waals surface area contributed by atoms with E-state index in [-0.39, 0.29) is 5.91 Å². The molecule has 1 aromatic rings. The van der Waals surface area contributed by atoms with Crippen molar-refractivity contribution >= 4 is 11.7 Å². The zero-order chi connectivity index (χ0) is 13.7. The second-order valence-electron chi connectivity index (χ2n) is 4.80. The van der Waals surface area contributed by atoms with Crippen LogP contribution in [0.3, 0.4) is 0 Å². The van der Waals surface area contributed by atoms with Gasteiger partial charge < -0.3 is 15.1 Å². The molecule has 0 atom stereocenters. The van der Waals surface area contributed by atoms with E-state index < -0.39 is 0 Å². The average molecular weight is 264 g/mol. The number of carbonyl (C=O) groups is 1. The number of carbonyl (C=O) groups excluding carboxylic acids is 1. The molecule has 6 heteroatoms. The summed E-state index contributed by atoms with van der Waals surface area (Å²) in [6.07, 6.45) is 2.55. The fourth-order valence-corrected chi connectivity index (χ4v) is 1.67. The molecule has 0 bridgehead atoms. The summed E-state index contributed by atoms with van der Waals surface area (Å²) in [5.41, 5.74) is 2.80. The Morgan fingerprint density at radius 3 is 3.05 bits per heavy atom. The van der Waals surface area contributed by atoms with Gasteiger partial charge in [0.15, 0.2) is 0 Å². The molecular formula is C13H20N4O2. The highest BCUT2D eigenvalue weighted by atomic mass is 16.5. The molecule has 0 radical (unpaired) electrons. The van der Waals surface area contributed by atoms with Gasteiger partial charge in [0.05, 0.1) is 6.61 Å². The Morgan fingerprint density at radius 2 is 2.37 bits per heavy atom. The SMILES string of the molecule is CN(CCOCC1CC1)C(=O)c1cccc(NN)n1. The maximum Gasteiger partial charge on any atom is 0.272 e. The number of nitrogen functional groups attached to an aromatic ring is 1. The number of rotatable bonds is 7. The van der Waals surface area contributed by atoms with Crippen LogP contribution >= 0.6 is 0 Å². The van der Waals surface area contributed by atoms with E-state index in [4.69, 9.17) is 10.6 Å². The molecule has 6 nitrogen and oxygen atoms in total. The normalized spacial score (nSPS) is 14.2.